The molecule has 0 aliphatic carbocycles. The number of carbonyl (C=O) groups excluding carboxylic acids is 1. The normalized spacial score (nSPS) is 10.4. The number of hydrazine groups is 1. The molecule has 0 saturated heterocycles. The van der Waals surface area contributed by atoms with Gasteiger partial charge >= 0.3 is 0 Å². The van der Waals surface area contributed by atoms with Gasteiger partial charge in [0.2, 0.25) is 0 Å². The predicted octanol–water partition coefficient (Wildman–Crippen LogP) is 3.33. The molecule has 2 aromatic carbocycles. The summed E-state index contributed by atoms with van der Waals surface area (Å²) in [5.74, 6) is 0.576. The molecule has 1 aromatic heterocycles. The van der Waals surface area contributed by atoms with Gasteiger partial charge in [-0.05, 0) is 42.0 Å². The van der Waals surface area contributed by atoms with Gasteiger partial charge in [0.05, 0.1) is 10.2 Å². The fourth-order valence-electron chi connectivity index (χ4n) is 2.06. The first-order valence-electron chi connectivity index (χ1n) is 7.51. The maximum Gasteiger partial charge on any atom is 0.269 e. The minimum Gasteiger partial charge on any atom is -0.364 e. The van der Waals surface area contributed by atoms with Gasteiger partial charge in [0, 0.05) is 18.4 Å². The number of aromatic nitrogens is 1. The number of amides is 1. The van der Waals surface area contributed by atoms with E-state index in [0.717, 1.165) is 21.2 Å². The number of nitrogens with one attached hydrogen (secondary N) is 3. The van der Waals surface area contributed by atoms with Crippen LogP contribution in [0.5, 0.6) is 0 Å². The molecule has 5 nitrogen and oxygen atoms in total. The number of para-hydroxylation sites is 1. The van der Waals surface area contributed by atoms with E-state index in [0.29, 0.717) is 10.7 Å². The van der Waals surface area contributed by atoms with Crippen molar-refractivity contribution < 1.29 is 4.79 Å². The van der Waals surface area contributed by atoms with Crippen LogP contribution in [0.15, 0.2) is 52.9 Å². The summed E-state index contributed by atoms with van der Waals surface area (Å²) in [6.45, 7) is 0. The van der Waals surface area contributed by atoms with Gasteiger partial charge in [0.15, 0.2) is 9.45 Å². The van der Waals surface area contributed by atoms with Crippen LogP contribution in [0.25, 0.3) is 10.2 Å². The van der Waals surface area contributed by atoms with Crippen molar-refractivity contribution in [1.29, 1.82) is 0 Å². The van der Waals surface area contributed by atoms with E-state index in [1.165, 1.54) is 4.70 Å². The zero-order valence-electron chi connectivity index (χ0n) is 13.4. The lowest BCUT2D eigenvalue weighted by molar-refractivity contribution is 0.0944. The lowest BCUT2D eigenvalue weighted by atomic mass is 10.1. The Bertz CT molecular complexity index is 859. The monoisotopic (exact) mass is 388 g/mol. The molecule has 0 bridgehead atoms. The summed E-state index contributed by atoms with van der Waals surface area (Å²) in [5.41, 5.74) is 7.89. The second kappa shape index (κ2) is 8.28. The van der Waals surface area contributed by atoms with Gasteiger partial charge in [-0.1, -0.05) is 36.0 Å². The highest BCUT2D eigenvalue weighted by Gasteiger charge is 2.07. The van der Waals surface area contributed by atoms with Crippen molar-refractivity contribution >= 4 is 56.6 Å². The molecule has 0 radical (unpaired) electrons. The van der Waals surface area contributed by atoms with E-state index in [4.69, 9.17) is 12.2 Å². The van der Waals surface area contributed by atoms with Crippen LogP contribution in [-0.4, -0.2) is 23.1 Å². The van der Waals surface area contributed by atoms with Crippen molar-refractivity contribution in [2.24, 2.45) is 0 Å². The Hall–Kier alpha value is -2.16. The summed E-state index contributed by atoms with van der Waals surface area (Å²) >= 11 is 8.30. The van der Waals surface area contributed by atoms with E-state index in [9.17, 15) is 4.79 Å². The molecular formula is C17H16N4OS3. The molecule has 3 N–H and O–H groups in total. The topological polar surface area (TPSA) is 66.0 Å². The average molecular weight is 389 g/mol. The molecule has 0 fully saturated rings. The third kappa shape index (κ3) is 4.68. The number of carbonyl (C=O) groups is 1. The highest BCUT2D eigenvalue weighted by molar-refractivity contribution is 8.00. The Balaban J connectivity index is 1.57. The molecule has 0 aliphatic rings. The highest BCUT2D eigenvalue weighted by Crippen LogP contribution is 2.31. The van der Waals surface area contributed by atoms with E-state index >= 15 is 0 Å². The molecular weight excluding hydrogens is 372 g/mol. The van der Waals surface area contributed by atoms with Gasteiger partial charge in [-0.15, -0.1) is 11.3 Å². The number of thioether (sulfide) groups is 1. The number of fused-ring (bicyclic) bond motifs is 1. The Morgan fingerprint density at radius 1 is 1.16 bits per heavy atom. The summed E-state index contributed by atoms with van der Waals surface area (Å²) in [7, 11) is 1.68. The predicted molar refractivity (Wildman–Crippen MR) is 108 cm³/mol. The lowest BCUT2D eigenvalue weighted by Crippen LogP contribution is -2.45. The van der Waals surface area contributed by atoms with Crippen LogP contribution in [0.4, 0.5) is 0 Å². The SMILES string of the molecule is CNC(=S)NNC(=O)c1ccc(CSc2nc3ccccc3s2)cc1. The molecule has 1 amide bonds. The molecule has 3 aromatic rings. The van der Waals surface area contributed by atoms with Crippen molar-refractivity contribution in [3.05, 3.63) is 59.7 Å². The zero-order chi connectivity index (χ0) is 17.6. The Labute approximate surface area is 159 Å². The van der Waals surface area contributed by atoms with Crippen LogP contribution in [0.3, 0.4) is 0 Å². The second-order valence-corrected chi connectivity index (χ2v) is 7.75. The number of hydrogen-bond donors (Lipinski definition) is 3. The van der Waals surface area contributed by atoms with E-state index in [1.54, 1.807) is 42.3 Å². The summed E-state index contributed by atoms with van der Waals surface area (Å²) in [6, 6.07) is 15.6. The Morgan fingerprint density at radius 3 is 2.64 bits per heavy atom. The number of nitrogens with zero attached hydrogens (tertiary/aromatic N) is 1. The summed E-state index contributed by atoms with van der Waals surface area (Å²) in [6.07, 6.45) is 0. The molecule has 0 aliphatic heterocycles. The summed E-state index contributed by atoms with van der Waals surface area (Å²) < 4.78 is 2.25. The van der Waals surface area contributed by atoms with Gasteiger partial charge in [0.25, 0.3) is 5.91 Å². The maximum atomic E-state index is 12.0. The first-order chi connectivity index (χ1) is 12.2. The van der Waals surface area contributed by atoms with Gasteiger partial charge in [-0.3, -0.25) is 15.6 Å². The third-order valence-electron chi connectivity index (χ3n) is 3.37. The number of hydrogen-bond acceptors (Lipinski definition) is 5. The average Bonchev–Trinajstić information content (AvgIpc) is 3.07. The smallest absolute Gasteiger partial charge is 0.269 e. The highest BCUT2D eigenvalue weighted by atomic mass is 32.2. The Kier molecular flexibility index (Phi) is 5.85. The van der Waals surface area contributed by atoms with Crippen LogP contribution in [-0.2, 0) is 5.75 Å². The van der Waals surface area contributed by atoms with Crippen molar-refractivity contribution in [1.82, 2.24) is 21.2 Å². The van der Waals surface area contributed by atoms with E-state index in [2.05, 4.69) is 27.2 Å². The third-order valence-corrected chi connectivity index (χ3v) is 5.93. The van der Waals surface area contributed by atoms with Crippen molar-refractivity contribution in [3.63, 3.8) is 0 Å². The molecule has 1 heterocycles. The first kappa shape index (κ1) is 17.7. The molecule has 25 heavy (non-hydrogen) atoms. The molecule has 3 rings (SSSR count). The van der Waals surface area contributed by atoms with Crippen molar-refractivity contribution in [2.45, 2.75) is 10.1 Å². The number of thiazole rings is 1. The number of thiocarbonyl (C=S) groups is 1. The van der Waals surface area contributed by atoms with Crippen LogP contribution in [0.2, 0.25) is 0 Å². The van der Waals surface area contributed by atoms with Gasteiger partial charge in [-0.25, -0.2) is 4.98 Å². The Morgan fingerprint density at radius 2 is 1.92 bits per heavy atom. The molecule has 0 saturated carbocycles. The minimum atomic E-state index is -0.233. The van der Waals surface area contributed by atoms with E-state index in [1.807, 2.05) is 30.3 Å². The molecule has 0 unspecified atom stereocenters. The van der Waals surface area contributed by atoms with Crippen LogP contribution in [0.1, 0.15) is 15.9 Å². The standard InChI is InChI=1S/C17H16N4OS3/c1-18-16(23)21-20-15(22)12-8-6-11(7-9-12)10-24-17-19-13-4-2-3-5-14(13)25-17/h2-9H,10H2,1H3,(H,20,22)(H2,18,21,23). The van der Waals surface area contributed by atoms with Crippen molar-refractivity contribution in [3.8, 4) is 0 Å². The van der Waals surface area contributed by atoms with Crippen LogP contribution >= 0.6 is 35.3 Å². The molecule has 128 valence electrons. The number of benzene rings is 2. The van der Waals surface area contributed by atoms with Gasteiger partial charge in [0.1, 0.15) is 0 Å². The summed E-state index contributed by atoms with van der Waals surface area (Å²) in [4.78, 5) is 16.6. The first-order valence-corrected chi connectivity index (χ1v) is 9.72. The number of rotatable bonds is 4. The fourth-order valence-corrected chi connectivity index (χ4v) is 4.13. The largest absolute Gasteiger partial charge is 0.364 e. The van der Waals surface area contributed by atoms with Crippen molar-refractivity contribution in [2.75, 3.05) is 7.05 Å². The van der Waals surface area contributed by atoms with Crippen LogP contribution < -0.4 is 16.2 Å². The van der Waals surface area contributed by atoms with Gasteiger partial charge < -0.3 is 5.32 Å². The van der Waals surface area contributed by atoms with E-state index in [-0.39, 0.29) is 5.91 Å². The van der Waals surface area contributed by atoms with E-state index < -0.39 is 0 Å². The summed E-state index contributed by atoms with van der Waals surface area (Å²) in [5, 5.41) is 3.08. The zero-order valence-corrected chi connectivity index (χ0v) is 15.9. The maximum absolute atomic E-state index is 12.0. The minimum absolute atomic E-state index is 0.233. The molecule has 0 atom stereocenters. The molecule has 0 spiro atoms. The van der Waals surface area contributed by atoms with Crippen LogP contribution in [0, 0.1) is 0 Å². The molecule has 8 heteroatoms. The quantitative estimate of drug-likeness (QED) is 0.362. The lowest BCUT2D eigenvalue weighted by Gasteiger charge is -2.09. The second-order valence-electron chi connectivity index (χ2n) is 5.09. The van der Waals surface area contributed by atoms with Gasteiger partial charge in [-0.2, -0.15) is 0 Å². The fraction of sp³-hybridized carbons (Fsp3) is 0.118.